The van der Waals surface area contributed by atoms with Gasteiger partial charge in [-0.3, -0.25) is 0 Å². The smallest absolute Gasteiger partial charge is 0.333 e. The van der Waals surface area contributed by atoms with Gasteiger partial charge in [-0.25, -0.2) is 4.79 Å². The zero-order chi connectivity index (χ0) is 17.8. The Morgan fingerprint density at radius 2 is 2.00 bits per heavy atom. The molecule has 0 aliphatic heterocycles. The number of carbonyl (C=O) groups is 1. The van der Waals surface area contributed by atoms with Crippen LogP contribution < -0.4 is 10.1 Å². The first-order chi connectivity index (χ1) is 12.1. The fourth-order valence-corrected chi connectivity index (χ4v) is 3.06. The third-order valence-electron chi connectivity index (χ3n) is 3.91. The van der Waals surface area contributed by atoms with Crippen LogP contribution >= 0.6 is 15.9 Å². The molecule has 1 aromatic heterocycles. The first-order valence-electron chi connectivity index (χ1n) is 7.96. The Morgan fingerprint density at radius 3 is 2.68 bits per heavy atom. The number of halogens is 1. The maximum Gasteiger partial charge on any atom is 0.333 e. The number of aromatic amines is 1. The summed E-state index contributed by atoms with van der Waals surface area (Å²) >= 11 is 3.49. The highest BCUT2D eigenvalue weighted by Crippen LogP contribution is 2.30. The first-order valence-corrected chi connectivity index (χ1v) is 8.75. The van der Waals surface area contributed by atoms with Gasteiger partial charge in [0, 0.05) is 32.8 Å². The average molecular weight is 403 g/mol. The zero-order valence-electron chi connectivity index (χ0n) is 14.0. The Morgan fingerprint density at radius 1 is 1.24 bits per heavy atom. The van der Waals surface area contributed by atoms with Crippen molar-refractivity contribution in [2.45, 2.75) is 13.0 Å². The van der Waals surface area contributed by atoms with E-state index in [-0.39, 0.29) is 5.97 Å². The van der Waals surface area contributed by atoms with Crippen molar-refractivity contribution in [3.63, 3.8) is 0 Å². The quantitative estimate of drug-likeness (QED) is 0.588. The van der Waals surface area contributed by atoms with Gasteiger partial charge >= 0.3 is 5.97 Å². The summed E-state index contributed by atoms with van der Waals surface area (Å²) in [4.78, 5) is 15.8. The minimum atomic E-state index is -0.614. The molecule has 1 heterocycles. The van der Waals surface area contributed by atoms with Crippen molar-refractivity contribution in [3.8, 4) is 5.75 Å². The van der Waals surface area contributed by atoms with Gasteiger partial charge < -0.3 is 19.8 Å². The largest absolute Gasteiger partial charge is 0.497 e. The maximum absolute atomic E-state index is 12.6. The van der Waals surface area contributed by atoms with Crippen molar-refractivity contribution >= 4 is 38.5 Å². The van der Waals surface area contributed by atoms with Crippen molar-refractivity contribution in [2.75, 3.05) is 19.0 Å². The van der Waals surface area contributed by atoms with Crippen molar-refractivity contribution in [3.05, 3.63) is 58.7 Å². The number of hydrogen-bond acceptors (Lipinski definition) is 4. The van der Waals surface area contributed by atoms with E-state index in [1.54, 1.807) is 14.0 Å². The van der Waals surface area contributed by atoms with Gasteiger partial charge in [-0.15, -0.1) is 0 Å². The molecule has 0 unspecified atom stereocenters. The van der Waals surface area contributed by atoms with Gasteiger partial charge in [-0.2, -0.15) is 0 Å². The molecule has 3 rings (SSSR count). The van der Waals surface area contributed by atoms with E-state index < -0.39 is 6.04 Å². The van der Waals surface area contributed by atoms with Crippen LogP contribution in [-0.4, -0.2) is 24.7 Å². The maximum atomic E-state index is 12.6. The summed E-state index contributed by atoms with van der Waals surface area (Å²) in [6, 6.07) is 12.7. The number of benzene rings is 2. The Kier molecular flexibility index (Phi) is 5.28. The van der Waals surface area contributed by atoms with Crippen LogP contribution in [0.5, 0.6) is 5.75 Å². The second kappa shape index (κ2) is 7.61. The predicted octanol–water partition coefficient (Wildman–Crippen LogP) is 4.66. The lowest BCUT2D eigenvalue weighted by Gasteiger charge is -2.18. The van der Waals surface area contributed by atoms with E-state index in [2.05, 4.69) is 26.2 Å². The van der Waals surface area contributed by atoms with Crippen molar-refractivity contribution in [1.29, 1.82) is 0 Å². The van der Waals surface area contributed by atoms with Crippen LogP contribution in [0.2, 0.25) is 0 Å². The lowest BCUT2D eigenvalue weighted by atomic mass is 10.1. The van der Waals surface area contributed by atoms with Gasteiger partial charge in [0.1, 0.15) is 5.75 Å². The average Bonchev–Trinajstić information content (AvgIpc) is 3.03. The number of esters is 1. The molecule has 1 atom stereocenters. The van der Waals surface area contributed by atoms with Crippen LogP contribution in [0.25, 0.3) is 10.9 Å². The highest BCUT2D eigenvalue weighted by atomic mass is 79.9. The van der Waals surface area contributed by atoms with E-state index in [1.165, 1.54) is 0 Å². The van der Waals surface area contributed by atoms with E-state index >= 15 is 0 Å². The fourth-order valence-electron chi connectivity index (χ4n) is 2.70. The summed E-state index contributed by atoms with van der Waals surface area (Å²) in [5.41, 5.74) is 2.61. The highest BCUT2D eigenvalue weighted by Gasteiger charge is 2.25. The molecule has 25 heavy (non-hydrogen) atoms. The van der Waals surface area contributed by atoms with Gasteiger partial charge in [0.2, 0.25) is 0 Å². The van der Waals surface area contributed by atoms with Crippen LogP contribution in [0.3, 0.4) is 0 Å². The normalized spacial score (nSPS) is 12.0. The molecule has 5 nitrogen and oxygen atoms in total. The van der Waals surface area contributed by atoms with Crippen LogP contribution in [-0.2, 0) is 9.53 Å². The van der Waals surface area contributed by atoms with Gasteiger partial charge in [-0.1, -0.05) is 15.9 Å². The standard InChI is InChI=1S/C19H19BrN2O3/c1-3-25-19(23)18(22-13-5-7-14(24-2)8-6-13)16-11-21-17-9-4-12(20)10-15(16)17/h4-11,18,21-22H,3H2,1-2H3/t18-/m0/s1. The lowest BCUT2D eigenvalue weighted by Crippen LogP contribution is -2.23. The molecule has 130 valence electrons. The molecule has 0 saturated heterocycles. The molecule has 0 fully saturated rings. The summed E-state index contributed by atoms with van der Waals surface area (Å²) in [6.45, 7) is 2.12. The van der Waals surface area contributed by atoms with E-state index in [4.69, 9.17) is 9.47 Å². The van der Waals surface area contributed by atoms with Gasteiger partial charge in [0.15, 0.2) is 6.04 Å². The molecule has 0 saturated carbocycles. The molecule has 0 aliphatic carbocycles. The number of nitrogens with one attached hydrogen (secondary N) is 2. The van der Waals surface area contributed by atoms with E-state index in [9.17, 15) is 4.79 Å². The van der Waals surface area contributed by atoms with Crippen LogP contribution in [0.15, 0.2) is 53.1 Å². The zero-order valence-corrected chi connectivity index (χ0v) is 15.6. The molecular weight excluding hydrogens is 384 g/mol. The Hall–Kier alpha value is -2.47. The van der Waals surface area contributed by atoms with Crippen molar-refractivity contribution in [2.24, 2.45) is 0 Å². The second-order valence-electron chi connectivity index (χ2n) is 5.49. The van der Waals surface area contributed by atoms with Crippen molar-refractivity contribution < 1.29 is 14.3 Å². The molecule has 0 aliphatic rings. The second-order valence-corrected chi connectivity index (χ2v) is 6.41. The van der Waals surface area contributed by atoms with Gasteiger partial charge in [-0.05, 0) is 49.4 Å². The molecule has 0 radical (unpaired) electrons. The summed E-state index contributed by atoms with van der Waals surface area (Å²) < 4.78 is 11.4. The third-order valence-corrected chi connectivity index (χ3v) is 4.40. The number of aromatic nitrogens is 1. The van der Waals surface area contributed by atoms with E-state index in [0.717, 1.165) is 32.4 Å². The summed E-state index contributed by atoms with van der Waals surface area (Å²) in [5, 5.41) is 4.23. The molecule has 0 amide bonds. The lowest BCUT2D eigenvalue weighted by molar-refractivity contribution is -0.144. The monoisotopic (exact) mass is 402 g/mol. The SMILES string of the molecule is CCOC(=O)[C@@H](Nc1ccc(OC)cc1)c1c[nH]c2ccc(Br)cc12. The van der Waals surface area contributed by atoms with Crippen LogP contribution in [0.4, 0.5) is 5.69 Å². The van der Waals surface area contributed by atoms with Crippen LogP contribution in [0.1, 0.15) is 18.5 Å². The number of anilines is 1. The fraction of sp³-hybridized carbons (Fsp3) is 0.211. The summed E-state index contributed by atoms with van der Waals surface area (Å²) in [6.07, 6.45) is 1.84. The number of H-pyrrole nitrogens is 1. The number of carbonyl (C=O) groups excluding carboxylic acids is 1. The molecule has 6 heteroatoms. The number of fused-ring (bicyclic) bond motifs is 1. The van der Waals surface area contributed by atoms with E-state index in [0.29, 0.717) is 6.61 Å². The molecule has 0 spiro atoms. The molecule has 0 bridgehead atoms. The first kappa shape index (κ1) is 17.4. The third kappa shape index (κ3) is 3.79. The minimum Gasteiger partial charge on any atom is -0.497 e. The predicted molar refractivity (Wildman–Crippen MR) is 102 cm³/mol. The number of rotatable bonds is 6. The van der Waals surface area contributed by atoms with Gasteiger partial charge in [0.05, 0.1) is 13.7 Å². The Bertz CT molecular complexity index is 874. The topological polar surface area (TPSA) is 63.4 Å². The number of methoxy groups -OCH3 is 1. The molecule has 3 aromatic rings. The van der Waals surface area contributed by atoms with Crippen molar-refractivity contribution in [1.82, 2.24) is 4.98 Å². The minimum absolute atomic E-state index is 0.320. The summed E-state index contributed by atoms with van der Waals surface area (Å²) in [7, 11) is 1.62. The Balaban J connectivity index is 1.98. The molecule has 2 N–H and O–H groups in total. The van der Waals surface area contributed by atoms with E-state index in [1.807, 2.05) is 48.7 Å². The molecular formula is C19H19BrN2O3. The highest BCUT2D eigenvalue weighted by molar-refractivity contribution is 9.10. The number of hydrogen-bond donors (Lipinski definition) is 2. The van der Waals surface area contributed by atoms with Gasteiger partial charge in [0.25, 0.3) is 0 Å². The number of ether oxygens (including phenoxy) is 2. The summed E-state index contributed by atoms with van der Waals surface area (Å²) in [5.74, 6) is 0.438. The van der Waals surface area contributed by atoms with Crippen LogP contribution in [0, 0.1) is 0 Å². The molecule has 2 aromatic carbocycles. The Labute approximate surface area is 154 Å².